The molecule has 294 valence electrons. The summed E-state index contributed by atoms with van der Waals surface area (Å²) in [6.45, 7) is 8.30. The minimum absolute atomic E-state index is 0.0482. The maximum absolute atomic E-state index is 14.6. The van der Waals surface area contributed by atoms with Crippen molar-refractivity contribution in [2.75, 3.05) is 39.9 Å². The van der Waals surface area contributed by atoms with E-state index < -0.39 is 11.6 Å². The fraction of sp³-hybridized carbons (Fsp3) is 0.488. The molecule has 1 unspecified atom stereocenters. The number of benzene rings is 2. The maximum Gasteiger partial charge on any atom is 0.407 e. The zero-order valence-electron chi connectivity index (χ0n) is 31.9. The molecule has 1 saturated carbocycles. The van der Waals surface area contributed by atoms with Gasteiger partial charge in [-0.1, -0.05) is 74.5 Å². The van der Waals surface area contributed by atoms with E-state index >= 15 is 0 Å². The number of carbonyl (C=O) groups is 3. The van der Waals surface area contributed by atoms with Gasteiger partial charge in [0, 0.05) is 62.2 Å². The number of rotatable bonds is 18. The van der Waals surface area contributed by atoms with Crippen molar-refractivity contribution in [1.29, 1.82) is 0 Å². The molecule has 1 aliphatic heterocycles. The fourth-order valence-electron chi connectivity index (χ4n) is 7.02. The summed E-state index contributed by atoms with van der Waals surface area (Å²) in [5.41, 5.74) is 3.67. The first-order valence-electron chi connectivity index (χ1n) is 19.1. The number of aromatic nitrogens is 2. The number of morpholine rings is 1. The van der Waals surface area contributed by atoms with E-state index in [0.29, 0.717) is 64.3 Å². The number of nitrogens with one attached hydrogen (secondary N) is 3. The van der Waals surface area contributed by atoms with E-state index in [-0.39, 0.29) is 36.5 Å². The van der Waals surface area contributed by atoms with Crippen LogP contribution >= 0.6 is 22.7 Å². The number of carbonyl (C=O) groups excluding carboxylic acids is 3. The van der Waals surface area contributed by atoms with Crippen LogP contribution in [0.2, 0.25) is 0 Å². The predicted octanol–water partition coefficient (Wildman–Crippen LogP) is 6.00. The average molecular weight is 788 g/mol. The van der Waals surface area contributed by atoms with Gasteiger partial charge in [-0.2, -0.15) is 0 Å². The summed E-state index contributed by atoms with van der Waals surface area (Å²) in [7, 11) is 1.75. The zero-order valence-corrected chi connectivity index (χ0v) is 33.6. The molecule has 4 atom stereocenters. The monoisotopic (exact) mass is 787 g/mol. The first kappa shape index (κ1) is 40.3. The number of urea groups is 1. The van der Waals surface area contributed by atoms with Crippen LogP contribution in [0.25, 0.3) is 0 Å². The first-order valence-corrected chi connectivity index (χ1v) is 20.9. The number of amides is 4. The standard InChI is InChI=1S/C41H53N7O5S2/c1-29(2)37-43-35(27-54-37)25-47(3)39(50)46-41(22-32(41)24-48-16-18-52-19-17-48)38(49)44-33(20-30-10-6-4-7-11-30)14-15-34(21-31-12-8-5-9-13-31)45-40(51)53-26-36-23-42-28-55-36/h4-13,23,27-29,32-34H,14-22,24-26H2,1-3H3,(H,44,49)(H,45,51)(H,46,50)/t32-,33+,34+,41?/m0/s1. The smallest absolute Gasteiger partial charge is 0.407 e. The molecule has 0 radical (unpaired) electrons. The van der Waals surface area contributed by atoms with Crippen molar-refractivity contribution in [3.63, 3.8) is 0 Å². The normalized spacial score (nSPS) is 19.3. The van der Waals surface area contributed by atoms with Crippen molar-refractivity contribution in [3.05, 3.63) is 104 Å². The quantitative estimate of drug-likeness (QED) is 0.112. The van der Waals surface area contributed by atoms with Crippen LogP contribution in [0.1, 0.15) is 65.7 Å². The van der Waals surface area contributed by atoms with Crippen LogP contribution in [0.15, 0.2) is 77.8 Å². The molecule has 2 fully saturated rings. The van der Waals surface area contributed by atoms with E-state index in [2.05, 4.69) is 51.8 Å². The second kappa shape index (κ2) is 19.5. The van der Waals surface area contributed by atoms with E-state index in [1.54, 1.807) is 35.0 Å². The average Bonchev–Trinajstić information content (AvgIpc) is 3.50. The van der Waals surface area contributed by atoms with Crippen LogP contribution in [0.5, 0.6) is 0 Å². The van der Waals surface area contributed by atoms with E-state index in [1.807, 2.05) is 53.9 Å². The Balaban J connectivity index is 1.17. The SMILES string of the molecule is CC(C)c1nc(CN(C)C(=O)NC2(C(=O)N[C@H](CC[C@H](Cc3ccccc3)NC(=O)OCc3cncs3)Cc3ccccc3)C[C@H]2CN2CCOCC2)cs1. The Labute approximate surface area is 332 Å². The highest BCUT2D eigenvalue weighted by atomic mass is 32.1. The summed E-state index contributed by atoms with van der Waals surface area (Å²) in [4.78, 5) is 55.0. The van der Waals surface area contributed by atoms with Gasteiger partial charge in [0.1, 0.15) is 12.1 Å². The van der Waals surface area contributed by atoms with Gasteiger partial charge < -0.3 is 30.3 Å². The van der Waals surface area contributed by atoms with Crippen molar-refractivity contribution < 1.29 is 23.9 Å². The van der Waals surface area contributed by atoms with Gasteiger partial charge in [-0.3, -0.25) is 14.7 Å². The number of ether oxygens (including phenoxy) is 2. The summed E-state index contributed by atoms with van der Waals surface area (Å²) < 4.78 is 11.1. The van der Waals surface area contributed by atoms with Gasteiger partial charge in [0.15, 0.2) is 0 Å². The van der Waals surface area contributed by atoms with Crippen molar-refractivity contribution in [2.45, 2.75) is 82.6 Å². The van der Waals surface area contributed by atoms with Crippen molar-refractivity contribution in [1.82, 2.24) is 35.7 Å². The van der Waals surface area contributed by atoms with Gasteiger partial charge in [-0.15, -0.1) is 22.7 Å². The molecule has 0 bridgehead atoms. The molecule has 3 heterocycles. The lowest BCUT2D eigenvalue weighted by molar-refractivity contribution is -0.125. The lowest BCUT2D eigenvalue weighted by Gasteiger charge is -2.30. The Morgan fingerprint density at radius 2 is 1.62 bits per heavy atom. The number of nitrogens with zero attached hydrogens (tertiary/aromatic N) is 4. The number of alkyl carbamates (subject to hydrolysis) is 1. The molecule has 0 spiro atoms. The third-order valence-corrected chi connectivity index (χ3v) is 12.2. The summed E-state index contributed by atoms with van der Waals surface area (Å²) in [5.74, 6) is 0.0853. The fourth-order valence-corrected chi connectivity index (χ4v) is 8.35. The van der Waals surface area contributed by atoms with Gasteiger partial charge in [-0.05, 0) is 43.2 Å². The largest absolute Gasteiger partial charge is 0.444 e. The van der Waals surface area contributed by atoms with Crippen LogP contribution < -0.4 is 16.0 Å². The lowest BCUT2D eigenvalue weighted by Crippen LogP contribution is -2.56. The zero-order chi connectivity index (χ0) is 38.6. The number of hydrogen-bond acceptors (Lipinski definition) is 10. The lowest BCUT2D eigenvalue weighted by atomic mass is 9.95. The topological polar surface area (TPSA) is 138 Å². The molecule has 55 heavy (non-hydrogen) atoms. The molecule has 12 nitrogen and oxygen atoms in total. The Kier molecular flexibility index (Phi) is 14.3. The van der Waals surface area contributed by atoms with E-state index in [4.69, 9.17) is 14.5 Å². The third kappa shape index (κ3) is 11.8. The molecule has 2 aromatic carbocycles. The third-order valence-electron chi connectivity index (χ3n) is 10.2. The highest BCUT2D eigenvalue weighted by Crippen LogP contribution is 2.45. The maximum atomic E-state index is 14.6. The van der Waals surface area contributed by atoms with Gasteiger partial charge in [-0.25, -0.2) is 14.6 Å². The molecule has 2 aromatic heterocycles. The van der Waals surface area contributed by atoms with Crippen LogP contribution in [0.4, 0.5) is 9.59 Å². The Morgan fingerprint density at radius 1 is 0.964 bits per heavy atom. The Bertz CT molecular complexity index is 1800. The van der Waals surface area contributed by atoms with Crippen LogP contribution in [0.3, 0.4) is 0 Å². The number of hydrogen-bond donors (Lipinski definition) is 3. The van der Waals surface area contributed by atoms with E-state index in [1.165, 1.54) is 11.3 Å². The number of thiazole rings is 2. The molecule has 14 heteroatoms. The first-order chi connectivity index (χ1) is 26.7. The molecule has 3 N–H and O–H groups in total. The second-order valence-electron chi connectivity index (χ2n) is 14.9. The summed E-state index contributed by atoms with van der Waals surface area (Å²) in [6.07, 6.45) is 4.13. The molecule has 2 aliphatic rings. The van der Waals surface area contributed by atoms with Gasteiger partial charge >= 0.3 is 12.1 Å². The van der Waals surface area contributed by atoms with Gasteiger partial charge in [0.2, 0.25) is 5.91 Å². The van der Waals surface area contributed by atoms with Crippen LogP contribution in [0, 0.1) is 5.92 Å². The summed E-state index contributed by atoms with van der Waals surface area (Å²) in [5, 5.41) is 12.7. The molecule has 4 aromatic rings. The van der Waals surface area contributed by atoms with Crippen molar-refractivity contribution in [2.24, 2.45) is 5.92 Å². The van der Waals surface area contributed by atoms with Gasteiger partial charge in [0.05, 0.1) is 40.8 Å². The molecular formula is C41H53N7O5S2. The molecular weight excluding hydrogens is 735 g/mol. The summed E-state index contributed by atoms with van der Waals surface area (Å²) >= 11 is 3.03. The highest BCUT2D eigenvalue weighted by Gasteiger charge is 2.61. The van der Waals surface area contributed by atoms with Gasteiger partial charge in [0.25, 0.3) is 0 Å². The van der Waals surface area contributed by atoms with Crippen molar-refractivity contribution >= 4 is 40.7 Å². The predicted molar refractivity (Wildman–Crippen MR) is 215 cm³/mol. The van der Waals surface area contributed by atoms with E-state index in [0.717, 1.165) is 39.8 Å². The molecule has 4 amide bonds. The van der Waals surface area contributed by atoms with Crippen molar-refractivity contribution in [3.8, 4) is 0 Å². The minimum atomic E-state index is -1.05. The molecule has 1 aliphatic carbocycles. The van der Waals surface area contributed by atoms with E-state index in [9.17, 15) is 14.4 Å². The van der Waals surface area contributed by atoms with Crippen LogP contribution in [-0.2, 0) is 40.3 Å². The minimum Gasteiger partial charge on any atom is -0.444 e. The summed E-state index contributed by atoms with van der Waals surface area (Å²) in [6, 6.07) is 19.3. The Morgan fingerprint density at radius 3 is 2.22 bits per heavy atom. The highest BCUT2D eigenvalue weighted by molar-refractivity contribution is 7.09. The second-order valence-corrected chi connectivity index (χ2v) is 16.8. The molecule has 6 rings (SSSR count). The molecule has 1 saturated heterocycles. The Hall–Kier alpha value is -4.37. The van der Waals surface area contributed by atoms with Crippen LogP contribution in [-0.4, -0.2) is 95.3 Å².